The molecule has 2 aromatic rings. The molecule has 0 aromatic carbocycles. The minimum atomic E-state index is 0.224. The molecule has 0 radical (unpaired) electrons. The maximum absolute atomic E-state index is 8.57. The highest BCUT2D eigenvalue weighted by atomic mass is 16.5. The zero-order chi connectivity index (χ0) is 12.3. The van der Waals surface area contributed by atoms with E-state index in [1.807, 2.05) is 20.2 Å². The summed E-state index contributed by atoms with van der Waals surface area (Å²) in [5, 5.41) is 16.5. The summed E-state index contributed by atoms with van der Waals surface area (Å²) in [7, 11) is 1.83. The van der Waals surface area contributed by atoms with Crippen LogP contribution in [0.25, 0.3) is 11.4 Å². The number of hydrogen-bond donors (Lipinski definition) is 0. The van der Waals surface area contributed by atoms with Crippen molar-refractivity contribution >= 4 is 0 Å². The van der Waals surface area contributed by atoms with E-state index < -0.39 is 0 Å². The lowest BCUT2D eigenvalue weighted by atomic mass is 10.1. The molecule has 1 atom stereocenters. The van der Waals surface area contributed by atoms with Crippen molar-refractivity contribution in [1.82, 2.24) is 19.9 Å². The van der Waals surface area contributed by atoms with Gasteiger partial charge in [-0.3, -0.25) is 4.68 Å². The minimum Gasteiger partial charge on any atom is -0.339 e. The lowest BCUT2D eigenvalue weighted by Gasteiger charge is -2.00. The van der Waals surface area contributed by atoms with Crippen molar-refractivity contribution in [2.45, 2.75) is 19.8 Å². The molecular formula is C11H13N5O. The fourth-order valence-corrected chi connectivity index (χ4v) is 1.52. The summed E-state index contributed by atoms with van der Waals surface area (Å²) in [5.41, 5.74) is 0.829. The fourth-order valence-electron chi connectivity index (χ4n) is 1.52. The Morgan fingerprint density at radius 3 is 3.06 bits per heavy atom. The summed E-state index contributed by atoms with van der Waals surface area (Å²) in [6, 6.07) is 2.13. The molecule has 0 amide bonds. The van der Waals surface area contributed by atoms with Gasteiger partial charge in [0, 0.05) is 26.1 Å². The van der Waals surface area contributed by atoms with Gasteiger partial charge in [0.2, 0.25) is 11.7 Å². The maximum atomic E-state index is 8.57. The van der Waals surface area contributed by atoms with Crippen LogP contribution in [0.4, 0.5) is 0 Å². The van der Waals surface area contributed by atoms with Crippen LogP contribution in [0, 0.1) is 17.2 Å². The SMILES string of the molecule is CC(CC#N)Cc1nc(-c2cnn(C)c2)no1. The number of hydrogen-bond acceptors (Lipinski definition) is 5. The highest BCUT2D eigenvalue weighted by Gasteiger charge is 2.12. The van der Waals surface area contributed by atoms with Gasteiger partial charge in [-0.1, -0.05) is 12.1 Å². The van der Waals surface area contributed by atoms with Crippen LogP contribution in [0.5, 0.6) is 0 Å². The fraction of sp³-hybridized carbons (Fsp3) is 0.455. The van der Waals surface area contributed by atoms with Gasteiger partial charge in [0.1, 0.15) is 0 Å². The first-order chi connectivity index (χ1) is 8.19. The van der Waals surface area contributed by atoms with Gasteiger partial charge in [-0.25, -0.2) is 0 Å². The highest BCUT2D eigenvalue weighted by molar-refractivity contribution is 5.50. The highest BCUT2D eigenvalue weighted by Crippen LogP contribution is 2.16. The van der Waals surface area contributed by atoms with Crippen LogP contribution in [-0.4, -0.2) is 19.9 Å². The molecule has 6 heteroatoms. The maximum Gasteiger partial charge on any atom is 0.227 e. The van der Waals surface area contributed by atoms with Crippen LogP contribution in [0.3, 0.4) is 0 Å². The van der Waals surface area contributed by atoms with Crippen LogP contribution in [0.15, 0.2) is 16.9 Å². The summed E-state index contributed by atoms with van der Waals surface area (Å²) in [4.78, 5) is 4.28. The second-order valence-corrected chi connectivity index (χ2v) is 4.09. The molecule has 2 aromatic heterocycles. The molecule has 0 saturated carbocycles. The third kappa shape index (κ3) is 2.69. The van der Waals surface area contributed by atoms with Crippen molar-refractivity contribution in [3.05, 3.63) is 18.3 Å². The smallest absolute Gasteiger partial charge is 0.227 e. The molecule has 0 aliphatic rings. The van der Waals surface area contributed by atoms with Crippen molar-refractivity contribution in [3.63, 3.8) is 0 Å². The van der Waals surface area contributed by atoms with Gasteiger partial charge >= 0.3 is 0 Å². The predicted molar refractivity (Wildman–Crippen MR) is 59.6 cm³/mol. The summed E-state index contributed by atoms with van der Waals surface area (Å²) < 4.78 is 6.82. The summed E-state index contributed by atoms with van der Waals surface area (Å²) >= 11 is 0. The lowest BCUT2D eigenvalue weighted by Crippen LogP contribution is -1.98. The molecule has 6 nitrogen and oxygen atoms in total. The summed E-state index contributed by atoms with van der Waals surface area (Å²) in [6.45, 7) is 1.98. The molecule has 2 heterocycles. The number of aryl methyl sites for hydroxylation is 1. The molecule has 88 valence electrons. The molecule has 0 bridgehead atoms. The molecule has 17 heavy (non-hydrogen) atoms. The van der Waals surface area contributed by atoms with E-state index in [0.717, 1.165) is 5.56 Å². The predicted octanol–water partition coefficient (Wildman–Crippen LogP) is 1.56. The van der Waals surface area contributed by atoms with Crippen LogP contribution in [0.1, 0.15) is 19.2 Å². The normalized spacial score (nSPS) is 12.3. The molecule has 1 unspecified atom stereocenters. The van der Waals surface area contributed by atoms with E-state index in [9.17, 15) is 0 Å². The topological polar surface area (TPSA) is 80.5 Å². The molecule has 0 N–H and O–H groups in total. The Morgan fingerprint density at radius 2 is 2.41 bits per heavy atom. The summed E-state index contributed by atoms with van der Waals surface area (Å²) in [6.07, 6.45) is 4.63. The van der Waals surface area contributed by atoms with E-state index in [4.69, 9.17) is 9.78 Å². The number of rotatable bonds is 4. The molecule has 0 fully saturated rings. The Morgan fingerprint density at radius 1 is 1.59 bits per heavy atom. The van der Waals surface area contributed by atoms with Crippen molar-refractivity contribution in [2.24, 2.45) is 13.0 Å². The Kier molecular flexibility index (Phi) is 3.19. The summed E-state index contributed by atoms with van der Waals surface area (Å²) in [5.74, 6) is 1.33. The van der Waals surface area contributed by atoms with E-state index in [0.29, 0.717) is 24.6 Å². The van der Waals surface area contributed by atoms with Crippen LogP contribution in [0.2, 0.25) is 0 Å². The van der Waals surface area contributed by atoms with E-state index >= 15 is 0 Å². The zero-order valence-corrected chi connectivity index (χ0v) is 9.79. The van der Waals surface area contributed by atoms with Gasteiger partial charge in [-0.15, -0.1) is 0 Å². The van der Waals surface area contributed by atoms with E-state index in [2.05, 4.69) is 21.3 Å². The third-order valence-corrected chi connectivity index (χ3v) is 2.39. The zero-order valence-electron chi connectivity index (χ0n) is 9.79. The van der Waals surface area contributed by atoms with E-state index in [-0.39, 0.29) is 5.92 Å². The van der Waals surface area contributed by atoms with Gasteiger partial charge in [0.15, 0.2) is 0 Å². The van der Waals surface area contributed by atoms with Gasteiger partial charge < -0.3 is 4.52 Å². The lowest BCUT2D eigenvalue weighted by molar-refractivity contribution is 0.359. The van der Waals surface area contributed by atoms with Crippen molar-refractivity contribution in [1.29, 1.82) is 5.26 Å². The first-order valence-electron chi connectivity index (χ1n) is 5.37. The quantitative estimate of drug-likeness (QED) is 0.797. The molecule has 2 rings (SSSR count). The van der Waals surface area contributed by atoms with Crippen molar-refractivity contribution in [3.8, 4) is 17.5 Å². The van der Waals surface area contributed by atoms with Crippen LogP contribution in [-0.2, 0) is 13.5 Å². The molecule has 0 spiro atoms. The van der Waals surface area contributed by atoms with Crippen molar-refractivity contribution < 1.29 is 4.52 Å². The first-order valence-corrected chi connectivity index (χ1v) is 5.37. The van der Waals surface area contributed by atoms with Gasteiger partial charge in [0.25, 0.3) is 0 Å². The molecular weight excluding hydrogens is 218 g/mol. The Hall–Kier alpha value is -2.16. The average molecular weight is 231 g/mol. The standard InChI is InChI=1S/C11H13N5O/c1-8(3-4-12)5-10-14-11(15-17-10)9-6-13-16(2)7-9/h6-8H,3,5H2,1-2H3. The van der Waals surface area contributed by atoms with Crippen LogP contribution < -0.4 is 0 Å². The average Bonchev–Trinajstić information content (AvgIpc) is 2.87. The third-order valence-electron chi connectivity index (χ3n) is 2.39. The Labute approximate surface area is 98.9 Å². The Bertz CT molecular complexity index is 536. The molecule has 0 aliphatic heterocycles. The molecule has 0 saturated heterocycles. The largest absolute Gasteiger partial charge is 0.339 e. The second kappa shape index (κ2) is 4.78. The number of nitrogens with zero attached hydrogens (tertiary/aromatic N) is 5. The number of nitriles is 1. The van der Waals surface area contributed by atoms with E-state index in [1.54, 1.807) is 10.9 Å². The number of aromatic nitrogens is 4. The monoisotopic (exact) mass is 231 g/mol. The first kappa shape index (κ1) is 11.3. The van der Waals surface area contributed by atoms with E-state index in [1.165, 1.54) is 0 Å². The molecule has 0 aliphatic carbocycles. The van der Waals surface area contributed by atoms with Crippen LogP contribution >= 0.6 is 0 Å². The van der Waals surface area contributed by atoms with Crippen molar-refractivity contribution in [2.75, 3.05) is 0 Å². The Balaban J connectivity index is 2.09. The minimum absolute atomic E-state index is 0.224. The van der Waals surface area contributed by atoms with Gasteiger partial charge in [0.05, 0.1) is 17.8 Å². The van der Waals surface area contributed by atoms with Gasteiger partial charge in [-0.2, -0.15) is 15.3 Å². The van der Waals surface area contributed by atoms with Gasteiger partial charge in [-0.05, 0) is 5.92 Å². The second-order valence-electron chi connectivity index (χ2n) is 4.09.